The number of rotatable bonds is 6. The number of hydrogen-bond donors (Lipinski definition) is 2. The van der Waals surface area contributed by atoms with Crippen molar-refractivity contribution in [2.75, 3.05) is 21.3 Å². The van der Waals surface area contributed by atoms with Crippen molar-refractivity contribution in [3.8, 4) is 0 Å². The van der Waals surface area contributed by atoms with Crippen LogP contribution in [0.1, 0.15) is 13.8 Å². The first kappa shape index (κ1) is 29.3. The van der Waals surface area contributed by atoms with Gasteiger partial charge in [-0.15, -0.1) is 0 Å². The Balaban J connectivity index is 0.000000180. The summed E-state index contributed by atoms with van der Waals surface area (Å²) in [5.74, 6) is 0. The summed E-state index contributed by atoms with van der Waals surface area (Å²) in [4.78, 5) is 4.57. The topological polar surface area (TPSA) is 58.5 Å². The van der Waals surface area contributed by atoms with E-state index in [1.807, 2.05) is 30.3 Å². The lowest BCUT2D eigenvalue weighted by atomic mass is 10.1. The molecule has 0 aromatic heterocycles. The summed E-state index contributed by atoms with van der Waals surface area (Å²) < 4.78 is 0. The fourth-order valence-corrected chi connectivity index (χ4v) is 5.67. The molecule has 0 saturated carbocycles. The molecule has 0 radical (unpaired) electrons. The van der Waals surface area contributed by atoms with E-state index in [4.69, 9.17) is 11.5 Å². The summed E-state index contributed by atoms with van der Waals surface area (Å²) in [5, 5.41) is 4.92. The summed E-state index contributed by atoms with van der Waals surface area (Å²) >= 11 is 0. The highest BCUT2D eigenvalue weighted by atomic mass is 15.2. The van der Waals surface area contributed by atoms with E-state index in [0.29, 0.717) is 6.04 Å². The highest BCUT2D eigenvalue weighted by molar-refractivity contribution is 5.92. The number of fused-ring (bicyclic) bond motifs is 2. The highest BCUT2D eigenvalue weighted by Gasteiger charge is 2.14. The van der Waals surface area contributed by atoms with Crippen molar-refractivity contribution in [3.05, 3.63) is 164 Å². The van der Waals surface area contributed by atoms with Crippen molar-refractivity contribution in [2.45, 2.75) is 19.9 Å². The zero-order valence-corrected chi connectivity index (χ0v) is 25.7. The first-order valence-corrected chi connectivity index (χ1v) is 15.3. The molecule has 0 unspecified atom stereocenters. The van der Waals surface area contributed by atoms with E-state index in [-0.39, 0.29) is 0 Å². The van der Waals surface area contributed by atoms with Gasteiger partial charge in [0, 0.05) is 45.9 Å². The monoisotopic (exact) mass is 586 g/mol. The normalized spacial score (nSPS) is 10.8. The molecule has 4 nitrogen and oxygen atoms in total. The maximum atomic E-state index is 5.93. The minimum absolute atomic E-state index is 0.404. The minimum atomic E-state index is 0.404. The number of nitrogen functional groups attached to an aromatic ring is 2. The van der Waals surface area contributed by atoms with Crippen molar-refractivity contribution >= 4 is 61.4 Å². The quantitative estimate of drug-likeness (QED) is 0.190. The van der Waals surface area contributed by atoms with Crippen molar-refractivity contribution < 1.29 is 0 Å². The van der Waals surface area contributed by atoms with Crippen LogP contribution >= 0.6 is 0 Å². The van der Waals surface area contributed by atoms with E-state index in [0.717, 1.165) is 28.4 Å². The first-order chi connectivity index (χ1) is 22.0. The number of para-hydroxylation sites is 1. The van der Waals surface area contributed by atoms with Crippen LogP contribution in [0.15, 0.2) is 164 Å². The van der Waals surface area contributed by atoms with E-state index in [9.17, 15) is 0 Å². The van der Waals surface area contributed by atoms with Gasteiger partial charge in [0.25, 0.3) is 0 Å². The molecule has 0 aliphatic carbocycles. The maximum absolute atomic E-state index is 5.93. The summed E-state index contributed by atoms with van der Waals surface area (Å²) in [6, 6.07) is 56.9. The summed E-state index contributed by atoms with van der Waals surface area (Å²) in [6.07, 6.45) is 0. The molecule has 0 bridgehead atoms. The number of hydrogen-bond acceptors (Lipinski definition) is 4. The first-order valence-electron chi connectivity index (χ1n) is 15.3. The minimum Gasteiger partial charge on any atom is -0.399 e. The molecule has 0 spiro atoms. The van der Waals surface area contributed by atoms with Crippen LogP contribution in [0.4, 0.5) is 39.8 Å². The second kappa shape index (κ2) is 13.3. The molecule has 0 saturated heterocycles. The molecular weight excluding hydrogens is 548 g/mol. The van der Waals surface area contributed by atoms with Crippen LogP contribution in [-0.2, 0) is 0 Å². The largest absolute Gasteiger partial charge is 0.399 e. The number of anilines is 7. The van der Waals surface area contributed by atoms with E-state index in [1.165, 1.54) is 32.9 Å². The molecule has 4 N–H and O–H groups in total. The molecule has 0 aliphatic heterocycles. The van der Waals surface area contributed by atoms with Gasteiger partial charge < -0.3 is 21.3 Å². The van der Waals surface area contributed by atoms with Gasteiger partial charge in [0.05, 0.1) is 0 Å². The molecule has 0 aliphatic rings. The zero-order chi connectivity index (χ0) is 31.2. The van der Waals surface area contributed by atoms with Crippen molar-refractivity contribution in [2.24, 2.45) is 0 Å². The van der Waals surface area contributed by atoms with Gasteiger partial charge in [-0.2, -0.15) is 0 Å². The second-order valence-corrected chi connectivity index (χ2v) is 11.4. The Morgan fingerprint density at radius 2 is 0.756 bits per heavy atom. The average molecular weight is 587 g/mol. The predicted molar refractivity (Wildman–Crippen MR) is 195 cm³/mol. The van der Waals surface area contributed by atoms with Crippen LogP contribution in [0, 0.1) is 0 Å². The van der Waals surface area contributed by atoms with E-state index in [1.54, 1.807) is 0 Å². The Labute approximate surface area is 265 Å². The lowest BCUT2D eigenvalue weighted by Gasteiger charge is -2.29. The van der Waals surface area contributed by atoms with Crippen molar-refractivity contribution in [3.63, 3.8) is 0 Å². The molecule has 4 heteroatoms. The van der Waals surface area contributed by atoms with Gasteiger partial charge in [-0.3, -0.25) is 0 Å². The summed E-state index contributed by atoms with van der Waals surface area (Å²) in [5.41, 5.74) is 18.9. The number of benzene rings is 7. The van der Waals surface area contributed by atoms with Gasteiger partial charge >= 0.3 is 0 Å². The van der Waals surface area contributed by atoms with E-state index >= 15 is 0 Å². The molecule has 0 fully saturated rings. The molecule has 7 rings (SSSR count). The Kier molecular flexibility index (Phi) is 8.65. The lowest BCUT2D eigenvalue weighted by molar-refractivity contribution is 0.789. The van der Waals surface area contributed by atoms with Crippen molar-refractivity contribution in [1.82, 2.24) is 0 Å². The number of nitrogens with zero attached hydrogens (tertiary/aromatic N) is 2. The van der Waals surface area contributed by atoms with Gasteiger partial charge in [-0.25, -0.2) is 0 Å². The van der Waals surface area contributed by atoms with E-state index in [2.05, 4.69) is 157 Å². The molecule has 7 aromatic rings. The highest BCUT2D eigenvalue weighted by Crippen LogP contribution is 2.37. The summed E-state index contributed by atoms with van der Waals surface area (Å²) in [6.45, 7) is 4.37. The van der Waals surface area contributed by atoms with E-state index < -0.39 is 0 Å². The van der Waals surface area contributed by atoms with Crippen molar-refractivity contribution in [1.29, 1.82) is 0 Å². The maximum Gasteiger partial charge on any atom is 0.0468 e. The molecule has 222 valence electrons. The van der Waals surface area contributed by atoms with Crippen LogP contribution in [-0.4, -0.2) is 6.04 Å². The second-order valence-electron chi connectivity index (χ2n) is 11.4. The van der Waals surface area contributed by atoms with Gasteiger partial charge in [-0.05, 0) is 120 Å². The van der Waals surface area contributed by atoms with Gasteiger partial charge in [-0.1, -0.05) is 78.9 Å². The molecule has 45 heavy (non-hydrogen) atoms. The predicted octanol–water partition coefficient (Wildman–Crippen LogP) is 10.9. The number of nitrogens with two attached hydrogens (primary N) is 2. The fraction of sp³-hybridized carbons (Fsp3) is 0.0732. The third kappa shape index (κ3) is 6.76. The summed E-state index contributed by atoms with van der Waals surface area (Å²) in [7, 11) is 0. The van der Waals surface area contributed by atoms with Crippen LogP contribution in [0.2, 0.25) is 0 Å². The third-order valence-corrected chi connectivity index (χ3v) is 7.86. The lowest BCUT2D eigenvalue weighted by Crippen LogP contribution is -2.25. The van der Waals surface area contributed by atoms with Crippen LogP contribution < -0.4 is 21.3 Å². The molecule has 0 amide bonds. The Hall–Kier alpha value is -5.74. The molecular formula is C41H38N4. The zero-order valence-electron chi connectivity index (χ0n) is 25.7. The third-order valence-electron chi connectivity index (χ3n) is 7.86. The fourth-order valence-electron chi connectivity index (χ4n) is 5.67. The smallest absolute Gasteiger partial charge is 0.0468 e. The van der Waals surface area contributed by atoms with Gasteiger partial charge in [0.15, 0.2) is 0 Å². The van der Waals surface area contributed by atoms with Gasteiger partial charge in [0.1, 0.15) is 0 Å². The Morgan fingerprint density at radius 1 is 0.378 bits per heavy atom. The average Bonchev–Trinajstić information content (AvgIpc) is 3.07. The van der Waals surface area contributed by atoms with Crippen LogP contribution in [0.5, 0.6) is 0 Å². The van der Waals surface area contributed by atoms with Gasteiger partial charge in [0.2, 0.25) is 0 Å². The Morgan fingerprint density at radius 3 is 1.22 bits per heavy atom. The molecule has 0 atom stereocenters. The SMILES string of the molecule is CC(C)N(c1ccccc1)c1ccc(N)cc1.Nc1ccc(N(c2ccc3ccccc3c2)c2ccc3ccccc3c2)cc1. The van der Waals surface area contributed by atoms with Crippen LogP contribution in [0.3, 0.4) is 0 Å². The molecule has 7 aromatic carbocycles. The van der Waals surface area contributed by atoms with Crippen LogP contribution in [0.25, 0.3) is 21.5 Å². The standard InChI is InChI=1S/C26H20N2.C15H18N2/c27-23-11-15-24(16-12-23)28(25-13-9-19-5-1-3-7-21(19)17-25)26-14-10-20-6-2-4-8-22(20)18-26;1-12(2)17(14-6-4-3-5-7-14)15-10-8-13(16)9-11-15/h1-18H,27H2;3-12H,16H2,1-2H3. The Bertz CT molecular complexity index is 1920. The molecule has 0 heterocycles.